The van der Waals surface area contributed by atoms with Crippen molar-refractivity contribution < 1.29 is 75.1 Å². The van der Waals surface area contributed by atoms with E-state index < -0.39 is 106 Å². The van der Waals surface area contributed by atoms with Crippen molar-refractivity contribution in [2.24, 2.45) is 0 Å². The number of hydrogen-bond acceptors (Lipinski definition) is 15. The molecule has 0 aromatic rings. The van der Waals surface area contributed by atoms with Crippen LogP contribution in [0.4, 0.5) is 0 Å². The lowest BCUT2D eigenvalue weighted by molar-refractivity contribution is -0.337. The van der Waals surface area contributed by atoms with E-state index in [1.54, 1.807) is 0 Å². The van der Waals surface area contributed by atoms with E-state index in [0.717, 1.165) is 0 Å². The maximum atomic E-state index is 10.5. The minimum absolute atomic E-state index is 0.739. The minimum Gasteiger partial charge on any atom is -0.394 e. The second-order valence-corrected chi connectivity index (χ2v) is 7.60. The molecular formula is C17H32O15. The summed E-state index contributed by atoms with van der Waals surface area (Å²) >= 11 is 0. The molecule has 0 aromatic heterocycles. The monoisotopic (exact) mass is 476 g/mol. The van der Waals surface area contributed by atoms with Crippen molar-refractivity contribution in [2.45, 2.75) is 79.7 Å². The molecule has 190 valence electrons. The van der Waals surface area contributed by atoms with Crippen LogP contribution in [0.1, 0.15) is 0 Å². The van der Waals surface area contributed by atoms with E-state index in [-0.39, 0.29) is 0 Å². The number of aliphatic hydroxyl groups is 11. The Hall–Kier alpha value is -0.600. The van der Waals surface area contributed by atoms with Gasteiger partial charge in [-0.2, -0.15) is 0 Å². The highest BCUT2D eigenvalue weighted by atomic mass is 16.7. The fraction of sp³-hybridized carbons (Fsp3) is 1.00. The summed E-state index contributed by atoms with van der Waals surface area (Å²) in [4.78, 5) is 0. The standard InChI is InChI=1S/C17H32O15/c18-1-5(29-16-14(27)12(25)10(23)7(3-20)31-16)9(22)6(2-19)30-17-15(28)13(26)11(24)8(4-21)32-17/h5-28H,1-4H2/t5-,6+,7-,8-,9?,10-,11-,12+,13+,14-,15-,16+,17+/m1/s1. The molecule has 11 N–H and O–H groups in total. The molecule has 2 fully saturated rings. The average Bonchev–Trinajstić information content (AvgIpc) is 2.80. The van der Waals surface area contributed by atoms with E-state index in [4.69, 9.17) is 18.9 Å². The van der Waals surface area contributed by atoms with Gasteiger partial charge in [-0.05, 0) is 0 Å². The average molecular weight is 476 g/mol. The van der Waals surface area contributed by atoms with Gasteiger partial charge in [0.1, 0.15) is 67.1 Å². The van der Waals surface area contributed by atoms with Gasteiger partial charge in [0.05, 0.1) is 26.4 Å². The van der Waals surface area contributed by atoms with Crippen molar-refractivity contribution >= 4 is 0 Å². The van der Waals surface area contributed by atoms with Crippen molar-refractivity contribution in [3.05, 3.63) is 0 Å². The van der Waals surface area contributed by atoms with Crippen LogP contribution in [0.3, 0.4) is 0 Å². The number of aliphatic hydroxyl groups excluding tert-OH is 11. The van der Waals surface area contributed by atoms with Gasteiger partial charge < -0.3 is 75.1 Å². The molecule has 0 amide bonds. The molecule has 1 unspecified atom stereocenters. The van der Waals surface area contributed by atoms with Gasteiger partial charge in [0, 0.05) is 0 Å². The fourth-order valence-corrected chi connectivity index (χ4v) is 3.41. The molecule has 15 heteroatoms. The van der Waals surface area contributed by atoms with Gasteiger partial charge in [0.25, 0.3) is 0 Å². The molecule has 0 aliphatic carbocycles. The van der Waals surface area contributed by atoms with E-state index in [9.17, 15) is 56.2 Å². The molecule has 2 saturated heterocycles. The molecule has 2 aliphatic rings. The third-order valence-electron chi connectivity index (χ3n) is 5.44. The van der Waals surface area contributed by atoms with Crippen LogP contribution in [0, 0.1) is 0 Å². The second kappa shape index (κ2) is 12.2. The summed E-state index contributed by atoms with van der Waals surface area (Å²) in [7, 11) is 0. The first kappa shape index (κ1) is 27.6. The Labute approximate surface area is 182 Å². The van der Waals surface area contributed by atoms with Gasteiger partial charge in [-0.25, -0.2) is 0 Å². The van der Waals surface area contributed by atoms with Gasteiger partial charge >= 0.3 is 0 Å². The highest BCUT2D eigenvalue weighted by molar-refractivity contribution is 4.92. The van der Waals surface area contributed by atoms with E-state index >= 15 is 0 Å². The Bertz CT molecular complexity index is 504. The number of hydrogen-bond donors (Lipinski definition) is 11. The third-order valence-corrected chi connectivity index (χ3v) is 5.44. The maximum absolute atomic E-state index is 10.5. The quantitative estimate of drug-likeness (QED) is 0.140. The maximum Gasteiger partial charge on any atom is 0.187 e. The summed E-state index contributed by atoms with van der Waals surface area (Å²) in [5, 5.41) is 107. The number of rotatable bonds is 10. The largest absolute Gasteiger partial charge is 0.394 e. The molecule has 2 heterocycles. The smallest absolute Gasteiger partial charge is 0.187 e. The van der Waals surface area contributed by atoms with Crippen LogP contribution in [0.25, 0.3) is 0 Å². The highest BCUT2D eigenvalue weighted by Crippen LogP contribution is 2.26. The lowest BCUT2D eigenvalue weighted by atomic mass is 9.98. The van der Waals surface area contributed by atoms with Crippen LogP contribution < -0.4 is 0 Å². The summed E-state index contributed by atoms with van der Waals surface area (Å²) in [6, 6.07) is 0. The van der Waals surface area contributed by atoms with Crippen molar-refractivity contribution in [3.8, 4) is 0 Å². The Balaban J connectivity index is 2.07. The summed E-state index contributed by atoms with van der Waals surface area (Å²) in [5.74, 6) is 0. The summed E-state index contributed by atoms with van der Waals surface area (Å²) in [6.07, 6.45) is -21.6. The highest BCUT2D eigenvalue weighted by Gasteiger charge is 2.48. The van der Waals surface area contributed by atoms with Crippen molar-refractivity contribution in [1.82, 2.24) is 0 Å². The molecular weight excluding hydrogens is 444 g/mol. The summed E-state index contributed by atoms with van der Waals surface area (Å²) in [6.45, 7) is -3.30. The molecule has 0 bridgehead atoms. The minimum atomic E-state index is -1.86. The molecule has 2 rings (SSSR count). The predicted molar refractivity (Wildman–Crippen MR) is 97.5 cm³/mol. The second-order valence-electron chi connectivity index (χ2n) is 7.60. The normalized spacial score (nSPS) is 43.6. The van der Waals surface area contributed by atoms with Gasteiger partial charge in [-0.3, -0.25) is 0 Å². The van der Waals surface area contributed by atoms with Gasteiger partial charge in [-0.1, -0.05) is 0 Å². The Morgan fingerprint density at radius 1 is 0.562 bits per heavy atom. The predicted octanol–water partition coefficient (Wildman–Crippen LogP) is -7.30. The molecule has 13 atom stereocenters. The molecule has 0 aromatic carbocycles. The van der Waals surface area contributed by atoms with Crippen molar-refractivity contribution in [1.29, 1.82) is 0 Å². The van der Waals surface area contributed by atoms with Crippen LogP contribution in [0.2, 0.25) is 0 Å². The Kier molecular flexibility index (Phi) is 10.5. The topological polar surface area (TPSA) is 259 Å². The van der Waals surface area contributed by atoms with E-state index in [1.807, 2.05) is 0 Å². The SMILES string of the molecule is OC[C@H](O[C@H]1O[C@H](CO)[C@@H](O)[C@H](O)[C@H]1O)C(O)[C@@H](CO)O[C@H]1O[C@H](CO)[C@@H](O)[C@H](O)[C@H]1O. The van der Waals surface area contributed by atoms with Crippen LogP contribution in [-0.4, -0.2) is 162 Å². The Morgan fingerprint density at radius 2 is 0.906 bits per heavy atom. The fourth-order valence-electron chi connectivity index (χ4n) is 3.41. The van der Waals surface area contributed by atoms with E-state index in [2.05, 4.69) is 0 Å². The summed E-state index contributed by atoms with van der Waals surface area (Å²) in [5.41, 5.74) is 0. The first-order valence-corrected chi connectivity index (χ1v) is 9.92. The van der Waals surface area contributed by atoms with Crippen LogP contribution >= 0.6 is 0 Å². The van der Waals surface area contributed by atoms with Crippen molar-refractivity contribution in [3.63, 3.8) is 0 Å². The molecule has 0 spiro atoms. The zero-order valence-corrected chi connectivity index (χ0v) is 16.9. The molecule has 2 aliphatic heterocycles. The number of ether oxygens (including phenoxy) is 4. The molecule has 0 saturated carbocycles. The van der Waals surface area contributed by atoms with Crippen LogP contribution in [0.15, 0.2) is 0 Å². The zero-order valence-electron chi connectivity index (χ0n) is 16.9. The zero-order chi connectivity index (χ0) is 24.2. The molecule has 0 radical (unpaired) electrons. The third kappa shape index (κ3) is 5.90. The van der Waals surface area contributed by atoms with Gasteiger partial charge in [0.15, 0.2) is 12.6 Å². The van der Waals surface area contributed by atoms with Crippen LogP contribution in [-0.2, 0) is 18.9 Å². The first-order chi connectivity index (χ1) is 15.1. The summed E-state index contributed by atoms with van der Waals surface area (Å²) < 4.78 is 20.8. The lowest BCUT2D eigenvalue weighted by Crippen LogP contribution is -2.62. The van der Waals surface area contributed by atoms with Gasteiger partial charge in [0.2, 0.25) is 0 Å². The molecule has 15 nitrogen and oxygen atoms in total. The Morgan fingerprint density at radius 3 is 1.19 bits per heavy atom. The first-order valence-electron chi connectivity index (χ1n) is 9.92. The lowest BCUT2D eigenvalue weighted by Gasteiger charge is -2.43. The van der Waals surface area contributed by atoms with Gasteiger partial charge in [-0.15, -0.1) is 0 Å². The van der Waals surface area contributed by atoms with Crippen LogP contribution in [0.5, 0.6) is 0 Å². The molecule has 32 heavy (non-hydrogen) atoms. The van der Waals surface area contributed by atoms with E-state index in [0.29, 0.717) is 0 Å². The van der Waals surface area contributed by atoms with E-state index in [1.165, 1.54) is 0 Å². The van der Waals surface area contributed by atoms with Crippen molar-refractivity contribution in [2.75, 3.05) is 26.4 Å².